The second kappa shape index (κ2) is 6.96. The molecule has 0 radical (unpaired) electrons. The minimum Gasteiger partial charge on any atom is -0.352 e. The predicted molar refractivity (Wildman–Crippen MR) is 67.6 cm³/mol. The van der Waals surface area contributed by atoms with Crippen LogP contribution in [0.1, 0.15) is 32.1 Å². The fourth-order valence-electron chi connectivity index (χ4n) is 1.99. The van der Waals surface area contributed by atoms with E-state index in [4.69, 9.17) is 0 Å². The Morgan fingerprint density at radius 3 is 2.47 bits per heavy atom. The molecule has 0 bridgehead atoms. The molecule has 1 fully saturated rings. The monoisotopic (exact) mass is 262 g/mol. The molecule has 5 nitrogen and oxygen atoms in total. The highest BCUT2D eigenvalue weighted by Crippen LogP contribution is 2.16. The van der Waals surface area contributed by atoms with E-state index in [1.807, 2.05) is 0 Å². The van der Waals surface area contributed by atoms with E-state index in [-0.39, 0.29) is 18.2 Å². The molecule has 0 saturated heterocycles. The summed E-state index contributed by atoms with van der Waals surface area (Å²) in [5, 5.41) is 5.81. The van der Waals surface area contributed by atoms with Crippen molar-refractivity contribution >= 4 is 15.7 Å². The first kappa shape index (κ1) is 14.4. The summed E-state index contributed by atoms with van der Waals surface area (Å²) in [4.78, 5) is 11.5. The minimum atomic E-state index is -2.94. The van der Waals surface area contributed by atoms with Gasteiger partial charge in [0.05, 0.1) is 12.3 Å². The molecule has 17 heavy (non-hydrogen) atoms. The van der Waals surface area contributed by atoms with Crippen LogP contribution in [-0.2, 0) is 14.6 Å². The van der Waals surface area contributed by atoms with Crippen LogP contribution in [0.3, 0.4) is 0 Å². The Morgan fingerprint density at radius 1 is 1.24 bits per heavy atom. The van der Waals surface area contributed by atoms with Crippen molar-refractivity contribution in [2.24, 2.45) is 0 Å². The molecule has 2 N–H and O–H groups in total. The summed E-state index contributed by atoms with van der Waals surface area (Å²) in [7, 11) is -2.94. The van der Waals surface area contributed by atoms with Crippen LogP contribution < -0.4 is 10.6 Å². The molecule has 0 unspecified atom stereocenters. The fourth-order valence-corrected chi connectivity index (χ4v) is 2.50. The summed E-state index contributed by atoms with van der Waals surface area (Å²) in [6, 6.07) is 0.313. The van der Waals surface area contributed by atoms with Gasteiger partial charge in [0.2, 0.25) is 5.91 Å². The highest BCUT2D eigenvalue weighted by atomic mass is 32.2. The van der Waals surface area contributed by atoms with Gasteiger partial charge >= 0.3 is 0 Å². The number of sulfone groups is 1. The number of amides is 1. The molecule has 1 aliphatic rings. The smallest absolute Gasteiger partial charge is 0.234 e. The summed E-state index contributed by atoms with van der Waals surface area (Å²) in [5.74, 6) is 0.0365. The zero-order valence-electron chi connectivity index (χ0n) is 10.4. The van der Waals surface area contributed by atoms with Crippen LogP contribution >= 0.6 is 0 Å². The lowest BCUT2D eigenvalue weighted by molar-refractivity contribution is -0.121. The van der Waals surface area contributed by atoms with Gasteiger partial charge in [-0.2, -0.15) is 0 Å². The Morgan fingerprint density at radius 2 is 1.88 bits per heavy atom. The lowest BCUT2D eigenvalue weighted by atomic mass is 9.95. The van der Waals surface area contributed by atoms with E-state index >= 15 is 0 Å². The number of hydrogen-bond acceptors (Lipinski definition) is 4. The SMILES string of the molecule is CS(=O)(=O)CCNCC(=O)NC1CCCCC1. The van der Waals surface area contributed by atoms with Crippen LogP contribution in [-0.4, -0.2) is 45.5 Å². The van der Waals surface area contributed by atoms with Crippen molar-refractivity contribution in [3.8, 4) is 0 Å². The van der Waals surface area contributed by atoms with Gasteiger partial charge in [-0.25, -0.2) is 8.42 Å². The molecular weight excluding hydrogens is 240 g/mol. The average molecular weight is 262 g/mol. The average Bonchev–Trinajstić information content (AvgIpc) is 2.25. The largest absolute Gasteiger partial charge is 0.352 e. The zero-order valence-corrected chi connectivity index (χ0v) is 11.2. The lowest BCUT2D eigenvalue weighted by Crippen LogP contribution is -2.42. The van der Waals surface area contributed by atoms with Crippen molar-refractivity contribution in [3.63, 3.8) is 0 Å². The van der Waals surface area contributed by atoms with Crippen molar-refractivity contribution < 1.29 is 13.2 Å². The Kier molecular flexibility index (Phi) is 5.91. The van der Waals surface area contributed by atoms with Crippen LogP contribution in [0, 0.1) is 0 Å². The first-order valence-electron chi connectivity index (χ1n) is 6.15. The van der Waals surface area contributed by atoms with Gasteiger partial charge in [-0.05, 0) is 12.8 Å². The number of rotatable bonds is 6. The van der Waals surface area contributed by atoms with Crippen molar-refractivity contribution in [1.29, 1.82) is 0 Å². The standard InChI is InChI=1S/C11H22N2O3S/c1-17(15,16)8-7-12-9-11(14)13-10-5-3-2-4-6-10/h10,12H,2-9H2,1H3,(H,13,14). The highest BCUT2D eigenvalue weighted by Gasteiger charge is 2.15. The van der Waals surface area contributed by atoms with Gasteiger partial charge in [0, 0.05) is 18.8 Å². The number of hydrogen-bond donors (Lipinski definition) is 2. The van der Waals surface area contributed by atoms with E-state index in [9.17, 15) is 13.2 Å². The van der Waals surface area contributed by atoms with E-state index in [2.05, 4.69) is 10.6 Å². The molecule has 0 aliphatic heterocycles. The van der Waals surface area contributed by atoms with Crippen LogP contribution in [0.25, 0.3) is 0 Å². The van der Waals surface area contributed by atoms with Crippen molar-refractivity contribution in [2.75, 3.05) is 25.1 Å². The van der Waals surface area contributed by atoms with Crippen LogP contribution in [0.4, 0.5) is 0 Å². The predicted octanol–water partition coefficient (Wildman–Crippen LogP) is 0.0695. The topological polar surface area (TPSA) is 75.3 Å². The lowest BCUT2D eigenvalue weighted by Gasteiger charge is -2.22. The molecule has 1 amide bonds. The molecule has 0 heterocycles. The van der Waals surface area contributed by atoms with Gasteiger partial charge in [0.25, 0.3) is 0 Å². The highest BCUT2D eigenvalue weighted by molar-refractivity contribution is 7.90. The van der Waals surface area contributed by atoms with Crippen LogP contribution in [0.5, 0.6) is 0 Å². The second-order valence-electron chi connectivity index (χ2n) is 4.71. The normalized spacial score (nSPS) is 17.9. The number of nitrogens with one attached hydrogen (secondary N) is 2. The maximum absolute atomic E-state index is 11.5. The molecule has 6 heteroatoms. The first-order valence-corrected chi connectivity index (χ1v) is 8.21. The van der Waals surface area contributed by atoms with E-state index in [1.165, 1.54) is 25.5 Å². The Hall–Kier alpha value is -0.620. The molecule has 0 spiro atoms. The maximum atomic E-state index is 11.5. The molecule has 100 valence electrons. The van der Waals surface area contributed by atoms with Gasteiger partial charge in [-0.15, -0.1) is 0 Å². The minimum absolute atomic E-state index is 0.0367. The summed E-state index contributed by atoms with van der Waals surface area (Å²) in [5.41, 5.74) is 0. The van der Waals surface area contributed by atoms with Crippen molar-refractivity contribution in [2.45, 2.75) is 38.1 Å². The van der Waals surface area contributed by atoms with E-state index in [1.54, 1.807) is 0 Å². The first-order chi connectivity index (χ1) is 7.97. The summed E-state index contributed by atoms with van der Waals surface area (Å²) in [6.07, 6.45) is 6.96. The number of carbonyl (C=O) groups excluding carboxylic acids is 1. The van der Waals surface area contributed by atoms with Crippen molar-refractivity contribution in [1.82, 2.24) is 10.6 Å². The van der Waals surface area contributed by atoms with Crippen molar-refractivity contribution in [3.05, 3.63) is 0 Å². The van der Waals surface area contributed by atoms with E-state index in [0.717, 1.165) is 12.8 Å². The molecule has 1 saturated carbocycles. The van der Waals surface area contributed by atoms with Gasteiger partial charge in [0.15, 0.2) is 0 Å². The van der Waals surface area contributed by atoms with E-state index < -0.39 is 9.84 Å². The van der Waals surface area contributed by atoms with E-state index in [0.29, 0.717) is 12.6 Å². The Balaban J connectivity index is 2.08. The summed E-state index contributed by atoms with van der Waals surface area (Å²) < 4.78 is 21.7. The maximum Gasteiger partial charge on any atom is 0.234 e. The molecule has 1 rings (SSSR count). The van der Waals surface area contributed by atoms with Gasteiger partial charge in [0.1, 0.15) is 9.84 Å². The summed E-state index contributed by atoms with van der Waals surface area (Å²) in [6.45, 7) is 0.531. The Labute approximate surface area is 103 Å². The molecule has 0 aromatic carbocycles. The zero-order chi connectivity index (χ0) is 12.7. The van der Waals surface area contributed by atoms with Crippen LogP contribution in [0.2, 0.25) is 0 Å². The summed E-state index contributed by atoms with van der Waals surface area (Å²) >= 11 is 0. The quantitative estimate of drug-likeness (QED) is 0.664. The van der Waals surface area contributed by atoms with Gasteiger partial charge in [-0.3, -0.25) is 4.79 Å². The molecular formula is C11H22N2O3S. The molecule has 0 aromatic heterocycles. The van der Waals surface area contributed by atoms with Gasteiger partial charge < -0.3 is 10.6 Å². The third-order valence-corrected chi connectivity index (χ3v) is 3.85. The third-order valence-electron chi connectivity index (χ3n) is 2.91. The second-order valence-corrected chi connectivity index (χ2v) is 6.97. The number of carbonyl (C=O) groups is 1. The molecule has 1 aliphatic carbocycles. The fraction of sp³-hybridized carbons (Fsp3) is 0.909. The van der Waals surface area contributed by atoms with Crippen LogP contribution in [0.15, 0.2) is 0 Å². The Bertz CT molecular complexity index is 335. The van der Waals surface area contributed by atoms with Gasteiger partial charge in [-0.1, -0.05) is 19.3 Å². The third kappa shape index (κ3) is 7.33. The molecule has 0 atom stereocenters. The molecule has 0 aromatic rings.